The number of benzene rings is 3. The van der Waals surface area contributed by atoms with E-state index in [-0.39, 0.29) is 22.5 Å². The Kier molecular flexibility index (Phi) is 5.71. The Morgan fingerprint density at radius 2 is 1.57 bits per heavy atom. The third kappa shape index (κ3) is 4.87. The molecule has 8 nitrogen and oxygen atoms in total. The number of amides is 1. The number of nitrogens with one attached hydrogen (secondary N) is 2. The number of ether oxygens (including phenoxy) is 1. The number of halogens is 1. The SMILES string of the molecule is O=C(Nc1ccc(Oc2ccc(F)cc2)nc1)c1ccc(NC2=NS(=O)(=O)c3ccccc32)cc1. The summed E-state index contributed by atoms with van der Waals surface area (Å²) in [5.74, 6) is 0.249. The van der Waals surface area contributed by atoms with Crippen molar-refractivity contribution in [2.24, 2.45) is 4.40 Å². The lowest BCUT2D eigenvalue weighted by atomic mass is 10.1. The number of hydrogen-bond acceptors (Lipinski definition) is 6. The van der Waals surface area contributed by atoms with E-state index in [9.17, 15) is 17.6 Å². The van der Waals surface area contributed by atoms with Crippen LogP contribution in [0.3, 0.4) is 0 Å². The average molecular weight is 489 g/mol. The molecule has 1 amide bonds. The summed E-state index contributed by atoms with van der Waals surface area (Å²) in [6.07, 6.45) is 1.45. The number of nitrogens with zero attached hydrogens (tertiary/aromatic N) is 2. The predicted octanol–water partition coefficient (Wildman–Crippen LogP) is 4.83. The Balaban J connectivity index is 1.22. The van der Waals surface area contributed by atoms with Crippen LogP contribution in [0.15, 0.2) is 100 Å². The van der Waals surface area contributed by atoms with Gasteiger partial charge in [-0.05, 0) is 66.7 Å². The van der Waals surface area contributed by atoms with E-state index in [1.165, 1.54) is 36.5 Å². The topological polar surface area (TPSA) is 110 Å². The number of fused-ring (bicyclic) bond motifs is 1. The summed E-state index contributed by atoms with van der Waals surface area (Å²) in [6, 6.07) is 21.8. The minimum atomic E-state index is -3.72. The summed E-state index contributed by atoms with van der Waals surface area (Å²) in [4.78, 5) is 16.9. The second-order valence-corrected chi connectivity index (χ2v) is 9.08. The van der Waals surface area contributed by atoms with Gasteiger partial charge in [-0.3, -0.25) is 4.79 Å². The number of sulfonamides is 1. The average Bonchev–Trinajstić information content (AvgIpc) is 3.12. The Morgan fingerprint density at radius 1 is 0.857 bits per heavy atom. The number of hydrogen-bond donors (Lipinski definition) is 2. The van der Waals surface area contributed by atoms with Crippen molar-refractivity contribution in [2.75, 3.05) is 10.6 Å². The van der Waals surface area contributed by atoms with E-state index < -0.39 is 10.0 Å². The van der Waals surface area contributed by atoms with Crippen molar-refractivity contribution in [3.05, 3.63) is 108 Å². The lowest BCUT2D eigenvalue weighted by molar-refractivity contribution is 0.102. The maximum Gasteiger partial charge on any atom is 0.285 e. The van der Waals surface area contributed by atoms with Gasteiger partial charge in [0.25, 0.3) is 15.9 Å². The first-order valence-electron chi connectivity index (χ1n) is 10.4. The lowest BCUT2D eigenvalue weighted by Gasteiger charge is -2.09. The highest BCUT2D eigenvalue weighted by Crippen LogP contribution is 2.27. The fourth-order valence-electron chi connectivity index (χ4n) is 3.38. The maximum atomic E-state index is 13.0. The number of rotatable bonds is 5. The zero-order valence-electron chi connectivity index (χ0n) is 18.0. The van der Waals surface area contributed by atoms with E-state index >= 15 is 0 Å². The van der Waals surface area contributed by atoms with Crippen LogP contribution in [0.5, 0.6) is 11.6 Å². The molecule has 0 atom stereocenters. The predicted molar refractivity (Wildman–Crippen MR) is 129 cm³/mol. The van der Waals surface area contributed by atoms with Gasteiger partial charge in [-0.1, -0.05) is 12.1 Å². The number of pyridine rings is 1. The smallest absolute Gasteiger partial charge is 0.285 e. The molecular weight excluding hydrogens is 471 g/mol. The molecule has 2 heterocycles. The van der Waals surface area contributed by atoms with E-state index in [4.69, 9.17) is 4.74 Å². The summed E-state index contributed by atoms with van der Waals surface area (Å²) in [5.41, 5.74) is 1.93. The van der Waals surface area contributed by atoms with Crippen LogP contribution < -0.4 is 15.4 Å². The van der Waals surface area contributed by atoms with Crippen molar-refractivity contribution < 1.29 is 22.3 Å². The van der Waals surface area contributed by atoms with Gasteiger partial charge in [0.15, 0.2) is 5.84 Å². The molecule has 1 aliphatic rings. The Labute approximate surface area is 200 Å². The highest BCUT2D eigenvalue weighted by Gasteiger charge is 2.28. The molecule has 0 saturated carbocycles. The highest BCUT2D eigenvalue weighted by atomic mass is 32.2. The first-order valence-corrected chi connectivity index (χ1v) is 11.8. The normalized spacial score (nSPS) is 13.5. The first kappa shape index (κ1) is 22.2. The Bertz CT molecular complexity index is 1540. The van der Waals surface area contributed by atoms with Crippen molar-refractivity contribution in [2.45, 2.75) is 4.90 Å². The number of amidine groups is 1. The largest absolute Gasteiger partial charge is 0.439 e. The van der Waals surface area contributed by atoms with E-state index in [2.05, 4.69) is 20.0 Å². The zero-order valence-corrected chi connectivity index (χ0v) is 18.8. The van der Waals surface area contributed by atoms with Crippen molar-refractivity contribution >= 4 is 33.1 Å². The van der Waals surface area contributed by atoms with Crippen LogP contribution in [-0.4, -0.2) is 25.1 Å². The zero-order chi connectivity index (χ0) is 24.4. The molecule has 174 valence electrons. The quantitative estimate of drug-likeness (QED) is 0.417. The minimum Gasteiger partial charge on any atom is -0.439 e. The van der Waals surface area contributed by atoms with Gasteiger partial charge in [0, 0.05) is 22.9 Å². The number of carbonyl (C=O) groups excluding carboxylic acids is 1. The number of aromatic nitrogens is 1. The van der Waals surface area contributed by atoms with E-state index in [1.807, 2.05) is 0 Å². The molecule has 0 radical (unpaired) electrons. The molecule has 0 bridgehead atoms. The van der Waals surface area contributed by atoms with Crippen molar-refractivity contribution in [3.8, 4) is 11.6 Å². The van der Waals surface area contributed by atoms with Crippen LogP contribution in [-0.2, 0) is 10.0 Å². The van der Waals surface area contributed by atoms with Crippen LogP contribution in [0.25, 0.3) is 0 Å². The monoisotopic (exact) mass is 488 g/mol. The molecule has 2 N–H and O–H groups in total. The molecule has 3 aromatic carbocycles. The van der Waals surface area contributed by atoms with Crippen LogP contribution in [0.2, 0.25) is 0 Å². The maximum absolute atomic E-state index is 13.0. The van der Waals surface area contributed by atoms with Crippen molar-refractivity contribution in [3.63, 3.8) is 0 Å². The van der Waals surface area contributed by atoms with Crippen LogP contribution in [0, 0.1) is 5.82 Å². The summed E-state index contributed by atoms with van der Waals surface area (Å²) in [5, 5.41) is 5.74. The molecule has 5 rings (SSSR count). The highest BCUT2D eigenvalue weighted by molar-refractivity contribution is 7.90. The minimum absolute atomic E-state index is 0.154. The molecular formula is C25H17FN4O4S. The molecule has 0 spiro atoms. The molecule has 0 fully saturated rings. The van der Waals surface area contributed by atoms with Gasteiger partial charge in [0.1, 0.15) is 16.5 Å². The lowest BCUT2D eigenvalue weighted by Crippen LogP contribution is -2.13. The van der Waals surface area contributed by atoms with Gasteiger partial charge >= 0.3 is 0 Å². The molecule has 0 aliphatic carbocycles. The summed E-state index contributed by atoms with van der Waals surface area (Å²) < 4.78 is 46.7. The van der Waals surface area contributed by atoms with Gasteiger partial charge in [0.05, 0.1) is 11.9 Å². The number of anilines is 2. The Hall–Kier alpha value is -4.57. The Morgan fingerprint density at radius 3 is 2.29 bits per heavy atom. The first-order chi connectivity index (χ1) is 16.9. The van der Waals surface area contributed by atoms with Crippen LogP contribution >= 0.6 is 0 Å². The second-order valence-electron chi connectivity index (χ2n) is 7.51. The third-order valence-corrected chi connectivity index (χ3v) is 6.41. The molecule has 0 saturated heterocycles. The fraction of sp³-hybridized carbons (Fsp3) is 0. The molecule has 1 aliphatic heterocycles. The molecule has 0 unspecified atom stereocenters. The van der Waals surface area contributed by atoms with Gasteiger partial charge < -0.3 is 15.4 Å². The summed E-state index contributed by atoms with van der Waals surface area (Å²) >= 11 is 0. The van der Waals surface area contributed by atoms with E-state index in [0.29, 0.717) is 34.1 Å². The van der Waals surface area contributed by atoms with E-state index in [0.717, 1.165) is 0 Å². The molecule has 1 aromatic heterocycles. The van der Waals surface area contributed by atoms with Crippen LogP contribution in [0.4, 0.5) is 15.8 Å². The molecule has 4 aromatic rings. The fourth-order valence-corrected chi connectivity index (χ4v) is 4.55. The second kappa shape index (κ2) is 8.99. The third-order valence-electron chi connectivity index (χ3n) is 5.07. The summed E-state index contributed by atoms with van der Waals surface area (Å²) in [7, 11) is -3.72. The van der Waals surface area contributed by atoms with Gasteiger partial charge in [-0.25, -0.2) is 9.37 Å². The standard InChI is InChI=1S/C25H17FN4O4S/c26-17-7-12-20(13-8-17)34-23-14-11-19(15-27-23)29-25(31)16-5-9-18(10-6-16)28-24-21-3-1-2-4-22(21)35(32,33)30-24/h1-15H,(H,28,30)(H,29,31). The summed E-state index contributed by atoms with van der Waals surface area (Å²) in [6.45, 7) is 0. The van der Waals surface area contributed by atoms with Crippen molar-refractivity contribution in [1.29, 1.82) is 0 Å². The van der Waals surface area contributed by atoms with Gasteiger partial charge in [-0.15, -0.1) is 4.40 Å². The molecule has 10 heteroatoms. The van der Waals surface area contributed by atoms with Gasteiger partial charge in [-0.2, -0.15) is 8.42 Å². The van der Waals surface area contributed by atoms with E-state index in [1.54, 1.807) is 54.6 Å². The molecule has 35 heavy (non-hydrogen) atoms. The van der Waals surface area contributed by atoms with Crippen molar-refractivity contribution in [1.82, 2.24) is 4.98 Å². The van der Waals surface area contributed by atoms with Crippen LogP contribution in [0.1, 0.15) is 15.9 Å². The van der Waals surface area contributed by atoms with Gasteiger partial charge in [0.2, 0.25) is 5.88 Å². The number of carbonyl (C=O) groups is 1.